The van der Waals surface area contributed by atoms with Crippen LogP contribution in [0.2, 0.25) is 0 Å². The fourth-order valence-electron chi connectivity index (χ4n) is 3.46. The summed E-state index contributed by atoms with van der Waals surface area (Å²) in [6.45, 7) is 2.26. The van der Waals surface area contributed by atoms with E-state index in [2.05, 4.69) is 20.6 Å². The van der Waals surface area contributed by atoms with Crippen LogP contribution in [0.1, 0.15) is 23.8 Å². The van der Waals surface area contributed by atoms with Gasteiger partial charge in [-0.3, -0.25) is 9.20 Å². The van der Waals surface area contributed by atoms with Crippen molar-refractivity contribution in [2.75, 3.05) is 0 Å². The van der Waals surface area contributed by atoms with E-state index in [-0.39, 0.29) is 5.91 Å². The zero-order valence-electron chi connectivity index (χ0n) is 16.4. The van der Waals surface area contributed by atoms with E-state index < -0.39 is 0 Å². The molecule has 30 heavy (non-hydrogen) atoms. The number of carbonyl (C=O) groups is 1. The highest BCUT2D eigenvalue weighted by Gasteiger charge is 2.13. The number of amides is 1. The summed E-state index contributed by atoms with van der Waals surface area (Å²) < 4.78 is 9.18. The van der Waals surface area contributed by atoms with Gasteiger partial charge in [0, 0.05) is 30.8 Å². The standard InChI is InChI=1S/C22H20N6O2/c1-15-7-8-17(30-15)14-23-21(29)10-9-20-24-25-22-19-13-18(16-5-3-2-4-6-16)26-28(19)12-11-27(20)22/h2-8,11-13H,9-10,14H2,1H3,(H,23,29). The third-order valence-electron chi connectivity index (χ3n) is 4.99. The first kappa shape index (κ1) is 18.1. The molecule has 1 N–H and O–H groups in total. The minimum Gasteiger partial charge on any atom is -0.465 e. The molecule has 4 aromatic heterocycles. The monoisotopic (exact) mass is 400 g/mol. The second-order valence-corrected chi connectivity index (χ2v) is 7.12. The molecule has 0 aliphatic carbocycles. The molecule has 1 amide bonds. The van der Waals surface area contributed by atoms with Crippen molar-refractivity contribution in [3.05, 3.63) is 78.3 Å². The van der Waals surface area contributed by atoms with Crippen LogP contribution >= 0.6 is 0 Å². The molecule has 0 unspecified atom stereocenters. The van der Waals surface area contributed by atoms with E-state index in [4.69, 9.17) is 4.42 Å². The van der Waals surface area contributed by atoms with Gasteiger partial charge in [-0.05, 0) is 25.1 Å². The van der Waals surface area contributed by atoms with Crippen molar-refractivity contribution < 1.29 is 9.21 Å². The van der Waals surface area contributed by atoms with Crippen molar-refractivity contribution in [1.29, 1.82) is 0 Å². The van der Waals surface area contributed by atoms with Gasteiger partial charge in [-0.2, -0.15) is 5.10 Å². The molecule has 0 aliphatic rings. The Bertz CT molecular complexity index is 1330. The van der Waals surface area contributed by atoms with Gasteiger partial charge in [0.05, 0.1) is 12.2 Å². The van der Waals surface area contributed by atoms with Gasteiger partial charge in [0.25, 0.3) is 0 Å². The number of carbonyl (C=O) groups excluding carboxylic acids is 1. The Hall–Kier alpha value is -3.94. The third-order valence-corrected chi connectivity index (χ3v) is 4.99. The predicted molar refractivity (Wildman–Crippen MR) is 111 cm³/mol. The Morgan fingerprint density at radius 2 is 1.97 bits per heavy atom. The van der Waals surface area contributed by atoms with Crippen molar-refractivity contribution in [3.8, 4) is 11.3 Å². The molecule has 0 saturated carbocycles. The third kappa shape index (κ3) is 3.43. The fraction of sp³-hybridized carbons (Fsp3) is 0.182. The number of rotatable bonds is 6. The van der Waals surface area contributed by atoms with E-state index in [0.717, 1.165) is 34.1 Å². The molecule has 0 bridgehead atoms. The SMILES string of the molecule is Cc1ccc(CNC(=O)CCc2nnc3c4cc(-c5ccccc5)nn4ccn23)o1. The number of fused-ring (bicyclic) bond motifs is 3. The number of nitrogens with zero attached hydrogens (tertiary/aromatic N) is 5. The van der Waals surface area contributed by atoms with Gasteiger partial charge >= 0.3 is 0 Å². The molecular formula is C22H20N6O2. The summed E-state index contributed by atoms with van der Waals surface area (Å²) in [5.74, 6) is 2.25. The normalized spacial score (nSPS) is 11.4. The lowest BCUT2D eigenvalue weighted by Gasteiger charge is -2.03. The molecule has 1 aromatic carbocycles. The van der Waals surface area contributed by atoms with Gasteiger partial charge < -0.3 is 9.73 Å². The number of benzene rings is 1. The summed E-state index contributed by atoms with van der Waals surface area (Å²) in [6.07, 6.45) is 4.56. The zero-order valence-corrected chi connectivity index (χ0v) is 16.4. The number of furan rings is 1. The average molecular weight is 400 g/mol. The molecule has 150 valence electrons. The fourth-order valence-corrected chi connectivity index (χ4v) is 3.46. The molecule has 0 aliphatic heterocycles. The Labute approximate surface area is 172 Å². The minimum atomic E-state index is -0.0578. The van der Waals surface area contributed by atoms with Crippen LogP contribution in [0.15, 0.2) is 65.3 Å². The smallest absolute Gasteiger partial charge is 0.220 e. The van der Waals surface area contributed by atoms with E-state index >= 15 is 0 Å². The maximum absolute atomic E-state index is 12.2. The Morgan fingerprint density at radius 1 is 1.10 bits per heavy atom. The van der Waals surface area contributed by atoms with Crippen LogP contribution in [0.3, 0.4) is 0 Å². The minimum absolute atomic E-state index is 0.0578. The quantitative estimate of drug-likeness (QED) is 0.473. The van der Waals surface area contributed by atoms with Crippen LogP contribution in [-0.4, -0.2) is 30.1 Å². The largest absolute Gasteiger partial charge is 0.465 e. The molecule has 5 rings (SSSR count). The maximum atomic E-state index is 12.2. The van der Waals surface area contributed by atoms with Crippen LogP contribution in [-0.2, 0) is 17.8 Å². The van der Waals surface area contributed by atoms with Crippen LogP contribution in [0, 0.1) is 6.92 Å². The lowest BCUT2D eigenvalue weighted by molar-refractivity contribution is -0.121. The molecule has 0 saturated heterocycles. The van der Waals surface area contributed by atoms with Crippen molar-refractivity contribution in [2.24, 2.45) is 0 Å². The van der Waals surface area contributed by atoms with E-state index in [1.54, 1.807) is 4.52 Å². The number of hydrogen-bond donors (Lipinski definition) is 1. The Balaban J connectivity index is 1.32. The van der Waals surface area contributed by atoms with Crippen molar-refractivity contribution in [1.82, 2.24) is 29.5 Å². The average Bonchev–Trinajstić information content (AvgIpc) is 3.48. The second kappa shape index (κ2) is 7.47. The molecular weight excluding hydrogens is 380 g/mol. The lowest BCUT2D eigenvalue weighted by atomic mass is 10.1. The Morgan fingerprint density at radius 3 is 2.77 bits per heavy atom. The molecule has 5 aromatic rings. The second-order valence-electron chi connectivity index (χ2n) is 7.12. The highest BCUT2D eigenvalue weighted by molar-refractivity contribution is 5.77. The van der Waals surface area contributed by atoms with Gasteiger partial charge in [0.1, 0.15) is 22.9 Å². The lowest BCUT2D eigenvalue weighted by Crippen LogP contribution is -2.23. The van der Waals surface area contributed by atoms with Gasteiger partial charge in [0.2, 0.25) is 5.91 Å². The molecule has 0 fully saturated rings. The number of aryl methyl sites for hydroxylation is 2. The van der Waals surface area contributed by atoms with E-state index in [0.29, 0.717) is 25.0 Å². The first-order valence-corrected chi connectivity index (χ1v) is 9.77. The summed E-state index contributed by atoms with van der Waals surface area (Å²) in [7, 11) is 0. The summed E-state index contributed by atoms with van der Waals surface area (Å²) in [5, 5.41) is 16.1. The molecule has 8 nitrogen and oxygen atoms in total. The number of nitrogens with one attached hydrogen (secondary N) is 1. The Kier molecular flexibility index (Phi) is 4.51. The van der Waals surface area contributed by atoms with Crippen LogP contribution in [0.5, 0.6) is 0 Å². The summed E-state index contributed by atoms with van der Waals surface area (Å²) in [5.41, 5.74) is 3.50. The van der Waals surface area contributed by atoms with E-state index in [9.17, 15) is 4.79 Å². The van der Waals surface area contributed by atoms with Gasteiger partial charge in [-0.1, -0.05) is 30.3 Å². The number of hydrogen-bond acceptors (Lipinski definition) is 5. The molecule has 8 heteroatoms. The predicted octanol–water partition coefficient (Wildman–Crippen LogP) is 3.19. The van der Waals surface area contributed by atoms with E-state index in [1.807, 2.05) is 72.2 Å². The van der Waals surface area contributed by atoms with E-state index in [1.165, 1.54) is 0 Å². The molecule has 0 radical (unpaired) electrons. The maximum Gasteiger partial charge on any atom is 0.220 e. The first-order chi connectivity index (χ1) is 14.7. The van der Waals surface area contributed by atoms with Crippen molar-refractivity contribution in [3.63, 3.8) is 0 Å². The molecule has 0 atom stereocenters. The van der Waals surface area contributed by atoms with Gasteiger partial charge in [-0.15, -0.1) is 10.2 Å². The zero-order chi connectivity index (χ0) is 20.5. The topological polar surface area (TPSA) is 89.7 Å². The highest BCUT2D eigenvalue weighted by atomic mass is 16.3. The van der Waals surface area contributed by atoms with Crippen LogP contribution in [0.25, 0.3) is 22.4 Å². The highest BCUT2D eigenvalue weighted by Crippen LogP contribution is 2.21. The summed E-state index contributed by atoms with van der Waals surface area (Å²) >= 11 is 0. The number of aromatic nitrogens is 5. The van der Waals surface area contributed by atoms with Crippen molar-refractivity contribution in [2.45, 2.75) is 26.3 Å². The first-order valence-electron chi connectivity index (χ1n) is 9.77. The summed E-state index contributed by atoms with van der Waals surface area (Å²) in [6, 6.07) is 15.7. The van der Waals surface area contributed by atoms with Crippen molar-refractivity contribution >= 4 is 17.1 Å². The van der Waals surface area contributed by atoms with Gasteiger partial charge in [-0.25, -0.2) is 4.52 Å². The summed E-state index contributed by atoms with van der Waals surface area (Å²) in [4.78, 5) is 12.2. The molecule has 4 heterocycles. The van der Waals surface area contributed by atoms with Crippen LogP contribution < -0.4 is 5.32 Å². The van der Waals surface area contributed by atoms with Gasteiger partial charge in [0.15, 0.2) is 5.65 Å². The van der Waals surface area contributed by atoms with Crippen LogP contribution in [0.4, 0.5) is 0 Å². The molecule has 0 spiro atoms.